The maximum Gasteiger partial charge on any atom is 0.244 e. The molecule has 0 bridgehead atoms. The fraction of sp³-hybridized carbons (Fsp3) is 0.571. The number of nitrogens with zero attached hydrogens (tertiary/aromatic N) is 1. The molecule has 1 aromatic rings. The van der Waals surface area contributed by atoms with Crippen LogP contribution in [-0.4, -0.2) is 25.3 Å². The molecule has 1 aliphatic heterocycles. The van der Waals surface area contributed by atoms with Crippen LogP contribution in [0.25, 0.3) is 0 Å². The Morgan fingerprint density at radius 2 is 2.10 bits per heavy atom. The molecule has 1 aliphatic rings. The molecule has 0 spiro atoms. The summed E-state index contributed by atoms with van der Waals surface area (Å²) < 4.78 is 28.2. The molecule has 1 atom stereocenters. The summed E-state index contributed by atoms with van der Waals surface area (Å²) in [6.07, 6.45) is 4.89. The van der Waals surface area contributed by atoms with Gasteiger partial charge < -0.3 is 0 Å². The molecule has 1 fully saturated rings. The van der Waals surface area contributed by atoms with Crippen molar-refractivity contribution in [3.8, 4) is 0 Å². The second-order valence-corrected chi connectivity index (χ2v) is 8.28. The molecule has 1 heterocycles. The summed E-state index contributed by atoms with van der Waals surface area (Å²) in [7, 11) is -3.51. The molecule has 1 aromatic carbocycles. The van der Waals surface area contributed by atoms with Crippen LogP contribution in [0, 0.1) is 0 Å². The minimum atomic E-state index is -3.51. The van der Waals surface area contributed by atoms with Crippen molar-refractivity contribution in [2.45, 2.75) is 50.0 Å². The fourth-order valence-electron chi connectivity index (χ4n) is 2.69. The molecule has 112 valence electrons. The Morgan fingerprint density at radius 3 is 2.75 bits per heavy atom. The predicted octanol–water partition coefficient (Wildman–Crippen LogP) is 4.45. The molecule has 6 heteroatoms. The average molecular weight is 381 g/mol. The number of hydrogen-bond acceptors (Lipinski definition) is 2. The van der Waals surface area contributed by atoms with Crippen LogP contribution in [0.5, 0.6) is 0 Å². The maximum absolute atomic E-state index is 12.9. The van der Waals surface area contributed by atoms with E-state index in [1.54, 1.807) is 22.5 Å². The first-order chi connectivity index (χ1) is 9.46. The Morgan fingerprint density at radius 1 is 1.35 bits per heavy atom. The monoisotopic (exact) mass is 379 g/mol. The Bertz CT molecular complexity index is 577. The van der Waals surface area contributed by atoms with Crippen molar-refractivity contribution in [2.75, 3.05) is 6.54 Å². The van der Waals surface area contributed by atoms with Crippen molar-refractivity contribution in [3.05, 3.63) is 27.7 Å². The highest BCUT2D eigenvalue weighted by Crippen LogP contribution is 2.31. The van der Waals surface area contributed by atoms with E-state index in [0.717, 1.165) is 36.6 Å². The molecule has 0 N–H and O–H groups in total. The van der Waals surface area contributed by atoms with Crippen LogP contribution >= 0.6 is 27.5 Å². The van der Waals surface area contributed by atoms with Crippen LogP contribution < -0.4 is 0 Å². The molecule has 0 amide bonds. The van der Waals surface area contributed by atoms with Crippen LogP contribution in [0.3, 0.4) is 0 Å². The van der Waals surface area contributed by atoms with Crippen molar-refractivity contribution in [2.24, 2.45) is 0 Å². The van der Waals surface area contributed by atoms with Gasteiger partial charge in [-0.3, -0.25) is 0 Å². The van der Waals surface area contributed by atoms with Gasteiger partial charge in [-0.2, -0.15) is 4.31 Å². The number of hydrogen-bond donors (Lipinski definition) is 0. The van der Waals surface area contributed by atoms with Crippen LogP contribution in [0.1, 0.15) is 39.0 Å². The number of halogens is 2. The summed E-state index contributed by atoms with van der Waals surface area (Å²) in [5.74, 6) is 0. The quantitative estimate of drug-likeness (QED) is 0.777. The van der Waals surface area contributed by atoms with Gasteiger partial charge in [-0.25, -0.2) is 8.42 Å². The van der Waals surface area contributed by atoms with Gasteiger partial charge in [-0.1, -0.05) is 47.3 Å². The largest absolute Gasteiger partial charge is 0.244 e. The Labute approximate surface area is 134 Å². The third kappa shape index (κ3) is 3.38. The molecular formula is C14H19BrClNO2S. The first-order valence-corrected chi connectivity index (χ1v) is 9.55. The van der Waals surface area contributed by atoms with Crippen LogP contribution in [0.2, 0.25) is 5.02 Å². The zero-order valence-corrected chi connectivity index (χ0v) is 14.6. The molecule has 1 unspecified atom stereocenters. The SMILES string of the molecule is CCC1CCCCCN1S(=O)(=O)c1ccc(Br)cc1Cl. The molecule has 20 heavy (non-hydrogen) atoms. The molecule has 2 rings (SSSR count). The standard InChI is InChI=1S/C14H19BrClNO2S/c1-2-12-6-4-3-5-9-17(12)20(18,19)14-8-7-11(15)10-13(14)16/h7-8,10,12H,2-6,9H2,1H3. The molecule has 0 radical (unpaired) electrons. The lowest BCUT2D eigenvalue weighted by Crippen LogP contribution is -2.39. The third-order valence-electron chi connectivity index (χ3n) is 3.77. The van der Waals surface area contributed by atoms with Gasteiger partial charge in [0.25, 0.3) is 0 Å². The zero-order chi connectivity index (χ0) is 14.8. The predicted molar refractivity (Wildman–Crippen MR) is 85.6 cm³/mol. The summed E-state index contributed by atoms with van der Waals surface area (Å²) in [6, 6.07) is 5.02. The van der Waals surface area contributed by atoms with E-state index in [1.165, 1.54) is 0 Å². The maximum atomic E-state index is 12.9. The van der Waals surface area contributed by atoms with E-state index in [-0.39, 0.29) is 16.0 Å². The van der Waals surface area contributed by atoms with E-state index in [9.17, 15) is 8.42 Å². The second-order valence-electron chi connectivity index (χ2n) is 5.10. The summed E-state index contributed by atoms with van der Waals surface area (Å²) in [6.45, 7) is 2.63. The fourth-order valence-corrected chi connectivity index (χ4v) is 5.47. The first-order valence-electron chi connectivity index (χ1n) is 6.93. The van der Waals surface area contributed by atoms with Crippen molar-refractivity contribution in [1.29, 1.82) is 0 Å². The highest BCUT2D eigenvalue weighted by Gasteiger charge is 2.32. The summed E-state index contributed by atoms with van der Waals surface area (Å²) >= 11 is 9.43. The van der Waals surface area contributed by atoms with Gasteiger partial charge in [0.05, 0.1) is 5.02 Å². The highest BCUT2D eigenvalue weighted by atomic mass is 79.9. The van der Waals surface area contributed by atoms with Crippen LogP contribution in [-0.2, 0) is 10.0 Å². The van der Waals surface area contributed by atoms with Crippen molar-refractivity contribution in [1.82, 2.24) is 4.31 Å². The van der Waals surface area contributed by atoms with E-state index in [2.05, 4.69) is 15.9 Å². The minimum absolute atomic E-state index is 0.0854. The lowest BCUT2D eigenvalue weighted by Gasteiger charge is -2.28. The van der Waals surface area contributed by atoms with E-state index < -0.39 is 10.0 Å². The van der Waals surface area contributed by atoms with Gasteiger partial charge in [-0.15, -0.1) is 0 Å². The Balaban J connectivity index is 2.41. The third-order valence-corrected chi connectivity index (χ3v) is 6.70. The van der Waals surface area contributed by atoms with Gasteiger partial charge in [0.1, 0.15) is 4.90 Å². The summed E-state index contributed by atoms with van der Waals surface area (Å²) in [5, 5.41) is 0.276. The lowest BCUT2D eigenvalue weighted by atomic mass is 10.1. The van der Waals surface area contributed by atoms with E-state index in [0.29, 0.717) is 6.54 Å². The van der Waals surface area contributed by atoms with Gasteiger partial charge in [-0.05, 0) is 37.5 Å². The smallest absolute Gasteiger partial charge is 0.207 e. The van der Waals surface area contributed by atoms with Gasteiger partial charge in [0.15, 0.2) is 0 Å². The van der Waals surface area contributed by atoms with Crippen molar-refractivity contribution < 1.29 is 8.42 Å². The molecular weight excluding hydrogens is 362 g/mol. The second kappa shape index (κ2) is 6.77. The number of sulfonamides is 1. The topological polar surface area (TPSA) is 37.4 Å². The molecule has 0 aliphatic carbocycles. The van der Waals surface area contributed by atoms with Crippen LogP contribution in [0.15, 0.2) is 27.6 Å². The Kier molecular flexibility index (Phi) is 5.51. The summed E-state index contributed by atoms with van der Waals surface area (Å²) in [4.78, 5) is 0.211. The molecule has 0 saturated carbocycles. The van der Waals surface area contributed by atoms with Gasteiger partial charge >= 0.3 is 0 Å². The summed E-state index contributed by atoms with van der Waals surface area (Å²) in [5.41, 5.74) is 0. The minimum Gasteiger partial charge on any atom is -0.207 e. The van der Waals surface area contributed by atoms with Crippen molar-refractivity contribution >= 4 is 37.6 Å². The first kappa shape index (κ1) is 16.3. The van der Waals surface area contributed by atoms with Crippen molar-refractivity contribution in [3.63, 3.8) is 0 Å². The molecule has 0 aromatic heterocycles. The Hall–Kier alpha value is -0.100. The van der Waals surface area contributed by atoms with E-state index in [4.69, 9.17) is 11.6 Å². The van der Waals surface area contributed by atoms with E-state index >= 15 is 0 Å². The van der Waals surface area contributed by atoms with E-state index in [1.807, 2.05) is 6.92 Å². The zero-order valence-electron chi connectivity index (χ0n) is 11.5. The average Bonchev–Trinajstić information content (AvgIpc) is 2.63. The van der Waals surface area contributed by atoms with Gasteiger partial charge in [0.2, 0.25) is 10.0 Å². The molecule has 3 nitrogen and oxygen atoms in total. The number of rotatable bonds is 3. The highest BCUT2D eigenvalue weighted by molar-refractivity contribution is 9.10. The number of benzene rings is 1. The lowest BCUT2D eigenvalue weighted by molar-refractivity contribution is 0.315. The molecule has 1 saturated heterocycles. The normalized spacial score (nSPS) is 21.6. The van der Waals surface area contributed by atoms with Crippen LogP contribution in [0.4, 0.5) is 0 Å². The van der Waals surface area contributed by atoms with Gasteiger partial charge in [0, 0.05) is 17.1 Å².